The Bertz CT molecular complexity index is 1430. The lowest BCUT2D eigenvalue weighted by atomic mass is 9.96. The zero-order valence-corrected chi connectivity index (χ0v) is 25.9. The van der Waals surface area contributed by atoms with Crippen molar-refractivity contribution >= 4 is 59.4 Å². The van der Waals surface area contributed by atoms with Gasteiger partial charge in [-0.25, -0.2) is 8.42 Å². The summed E-state index contributed by atoms with van der Waals surface area (Å²) < 4.78 is 35.1. The van der Waals surface area contributed by atoms with Gasteiger partial charge in [-0.1, -0.05) is 58.7 Å². The second-order valence-corrected chi connectivity index (χ2v) is 13.3. The van der Waals surface area contributed by atoms with Gasteiger partial charge in [0.2, 0.25) is 15.9 Å². The van der Waals surface area contributed by atoms with Crippen LogP contribution in [0.15, 0.2) is 74.5 Å². The molecule has 202 valence electrons. The van der Waals surface area contributed by atoms with Crippen LogP contribution in [0, 0.1) is 5.92 Å². The van der Waals surface area contributed by atoms with E-state index in [4.69, 9.17) is 16.3 Å². The van der Waals surface area contributed by atoms with Gasteiger partial charge in [-0.05, 0) is 82.7 Å². The molecule has 3 aromatic rings. The first-order valence-corrected chi connectivity index (χ1v) is 15.7. The SMILES string of the molecule is CCc1ccccc1Oc1ccc(CN(C)C(=O)C2CCN(S(=O)(=O)c3cc(Br)ccc3Br)CC2)c(Cl)c1. The number of carbonyl (C=O) groups is 1. The second-order valence-electron chi connectivity index (χ2n) is 9.26. The molecule has 6 nitrogen and oxygen atoms in total. The van der Waals surface area contributed by atoms with Crippen LogP contribution in [0.2, 0.25) is 5.02 Å². The topological polar surface area (TPSA) is 66.9 Å². The third kappa shape index (κ3) is 6.62. The van der Waals surface area contributed by atoms with Crippen LogP contribution in [0.25, 0.3) is 0 Å². The van der Waals surface area contributed by atoms with Crippen molar-refractivity contribution in [3.05, 3.63) is 85.8 Å². The molecule has 1 saturated heterocycles. The van der Waals surface area contributed by atoms with Crippen LogP contribution in [0.5, 0.6) is 11.5 Å². The molecule has 10 heteroatoms. The normalized spacial score (nSPS) is 14.9. The average molecular weight is 685 g/mol. The maximum absolute atomic E-state index is 13.2. The van der Waals surface area contributed by atoms with Crippen molar-refractivity contribution in [2.75, 3.05) is 20.1 Å². The first-order chi connectivity index (χ1) is 18.1. The first kappa shape index (κ1) is 29.1. The third-order valence-electron chi connectivity index (χ3n) is 6.70. The Morgan fingerprint density at radius 2 is 1.76 bits per heavy atom. The van der Waals surface area contributed by atoms with Gasteiger partial charge in [0.15, 0.2) is 0 Å². The van der Waals surface area contributed by atoms with Gasteiger partial charge in [-0.2, -0.15) is 4.31 Å². The van der Waals surface area contributed by atoms with Gasteiger partial charge in [-0.15, -0.1) is 0 Å². The lowest BCUT2D eigenvalue weighted by Gasteiger charge is -2.32. The van der Waals surface area contributed by atoms with Crippen molar-refractivity contribution < 1.29 is 17.9 Å². The summed E-state index contributed by atoms with van der Waals surface area (Å²) in [6.07, 6.45) is 1.79. The second kappa shape index (κ2) is 12.5. The van der Waals surface area contributed by atoms with Gasteiger partial charge in [-0.3, -0.25) is 4.79 Å². The third-order valence-corrected chi connectivity index (χ3v) is 10.4. The van der Waals surface area contributed by atoms with E-state index in [1.54, 1.807) is 36.2 Å². The van der Waals surface area contributed by atoms with Crippen molar-refractivity contribution in [1.82, 2.24) is 9.21 Å². The number of amides is 1. The number of sulfonamides is 1. The number of hydrogen-bond acceptors (Lipinski definition) is 4. The maximum atomic E-state index is 13.2. The molecule has 38 heavy (non-hydrogen) atoms. The molecule has 4 rings (SSSR count). The number of ether oxygens (including phenoxy) is 1. The van der Waals surface area contributed by atoms with Crippen LogP contribution >= 0.6 is 43.5 Å². The fourth-order valence-electron chi connectivity index (χ4n) is 4.54. The van der Waals surface area contributed by atoms with E-state index in [1.165, 1.54) is 4.31 Å². The van der Waals surface area contributed by atoms with E-state index in [2.05, 4.69) is 38.8 Å². The number of nitrogens with zero attached hydrogens (tertiary/aromatic N) is 2. The smallest absolute Gasteiger partial charge is 0.244 e. The van der Waals surface area contributed by atoms with Crippen LogP contribution in [0.1, 0.15) is 30.9 Å². The molecule has 0 saturated carbocycles. The summed E-state index contributed by atoms with van der Waals surface area (Å²) in [5.41, 5.74) is 1.93. The molecule has 0 bridgehead atoms. The van der Waals surface area contributed by atoms with Crippen molar-refractivity contribution in [1.29, 1.82) is 0 Å². The molecule has 3 aromatic carbocycles. The van der Waals surface area contributed by atoms with Crippen LogP contribution in [-0.2, 0) is 27.8 Å². The minimum atomic E-state index is -3.67. The van der Waals surface area contributed by atoms with E-state index in [9.17, 15) is 13.2 Å². The van der Waals surface area contributed by atoms with Crippen molar-refractivity contribution in [3.8, 4) is 11.5 Å². The average Bonchev–Trinajstić information content (AvgIpc) is 2.91. The molecular weight excluding hydrogens is 656 g/mol. The number of carbonyl (C=O) groups excluding carboxylic acids is 1. The Hall–Kier alpha value is -1.91. The van der Waals surface area contributed by atoms with Crippen LogP contribution < -0.4 is 4.74 Å². The minimum Gasteiger partial charge on any atom is -0.457 e. The molecule has 0 atom stereocenters. The van der Waals surface area contributed by atoms with E-state index >= 15 is 0 Å². The number of halogens is 3. The molecule has 0 aliphatic carbocycles. The standard InChI is InChI=1S/C28H29Br2ClN2O4S/c1-3-19-6-4-5-7-26(19)37-23-10-8-21(25(31)17-23)18-32(2)28(34)20-12-14-33(15-13-20)38(35,36)27-16-22(29)9-11-24(27)30/h4-11,16-17,20H,3,12-15,18H2,1-2H3. The predicted molar refractivity (Wildman–Crippen MR) is 157 cm³/mol. The number of aryl methyl sites for hydroxylation is 1. The highest BCUT2D eigenvalue weighted by Crippen LogP contribution is 2.32. The Balaban J connectivity index is 1.36. The van der Waals surface area contributed by atoms with Crippen LogP contribution in [0.3, 0.4) is 0 Å². The zero-order valence-electron chi connectivity index (χ0n) is 21.2. The van der Waals surface area contributed by atoms with E-state index < -0.39 is 10.0 Å². The number of para-hydroxylation sites is 1. The van der Waals surface area contributed by atoms with Gasteiger partial charge in [0.1, 0.15) is 11.5 Å². The lowest BCUT2D eigenvalue weighted by Crippen LogP contribution is -2.43. The summed E-state index contributed by atoms with van der Waals surface area (Å²) in [5, 5.41) is 0.525. The summed E-state index contributed by atoms with van der Waals surface area (Å²) in [5.74, 6) is 1.18. The molecule has 1 aliphatic heterocycles. The number of rotatable bonds is 8. The van der Waals surface area contributed by atoms with Gasteiger partial charge in [0, 0.05) is 46.6 Å². The fourth-order valence-corrected chi connectivity index (χ4v) is 7.71. The monoisotopic (exact) mass is 682 g/mol. The summed E-state index contributed by atoms with van der Waals surface area (Å²) in [6, 6.07) is 18.5. The van der Waals surface area contributed by atoms with Crippen LogP contribution in [0.4, 0.5) is 0 Å². The highest BCUT2D eigenvalue weighted by atomic mass is 79.9. The maximum Gasteiger partial charge on any atom is 0.244 e. The predicted octanol–water partition coefficient (Wildman–Crippen LogP) is 7.28. The molecule has 0 N–H and O–H groups in total. The van der Waals surface area contributed by atoms with Gasteiger partial charge in [0.25, 0.3) is 0 Å². The highest BCUT2D eigenvalue weighted by molar-refractivity contribution is 9.11. The molecule has 0 unspecified atom stereocenters. The summed E-state index contributed by atoms with van der Waals surface area (Å²) in [7, 11) is -1.92. The molecule has 1 amide bonds. The highest BCUT2D eigenvalue weighted by Gasteiger charge is 2.34. The fraction of sp³-hybridized carbons (Fsp3) is 0.321. The first-order valence-electron chi connectivity index (χ1n) is 12.3. The van der Waals surface area contributed by atoms with Gasteiger partial charge < -0.3 is 9.64 Å². The lowest BCUT2D eigenvalue weighted by molar-refractivity contribution is -0.135. The quantitative estimate of drug-likeness (QED) is 0.250. The Morgan fingerprint density at radius 3 is 2.45 bits per heavy atom. The van der Waals surface area contributed by atoms with E-state index in [-0.39, 0.29) is 29.8 Å². The van der Waals surface area contributed by atoms with Gasteiger partial charge >= 0.3 is 0 Å². The summed E-state index contributed by atoms with van der Waals surface area (Å²) in [4.78, 5) is 15.1. The van der Waals surface area contributed by atoms with Crippen molar-refractivity contribution in [2.45, 2.75) is 37.6 Å². The Kier molecular flexibility index (Phi) is 9.58. The number of piperidine rings is 1. The summed E-state index contributed by atoms with van der Waals surface area (Å²) in [6.45, 7) is 3.01. The molecule has 0 aromatic heterocycles. The van der Waals surface area contributed by atoms with E-state index in [1.807, 2.05) is 36.4 Å². The number of benzene rings is 3. The van der Waals surface area contributed by atoms with E-state index in [0.717, 1.165) is 23.3 Å². The summed E-state index contributed by atoms with van der Waals surface area (Å²) >= 11 is 13.2. The Labute approximate surface area is 246 Å². The Morgan fingerprint density at radius 1 is 1.05 bits per heavy atom. The molecule has 1 heterocycles. The zero-order chi connectivity index (χ0) is 27.4. The van der Waals surface area contributed by atoms with Gasteiger partial charge in [0.05, 0.1) is 4.90 Å². The minimum absolute atomic E-state index is 0.0149. The number of hydrogen-bond donors (Lipinski definition) is 0. The molecule has 1 aliphatic rings. The molecular formula is C28H29Br2ClN2O4S. The molecule has 0 spiro atoms. The van der Waals surface area contributed by atoms with E-state index in [0.29, 0.717) is 39.1 Å². The van der Waals surface area contributed by atoms with Crippen LogP contribution in [-0.4, -0.2) is 43.7 Å². The van der Waals surface area contributed by atoms with Crippen molar-refractivity contribution in [3.63, 3.8) is 0 Å². The largest absolute Gasteiger partial charge is 0.457 e. The molecule has 1 fully saturated rings. The molecule has 0 radical (unpaired) electrons. The van der Waals surface area contributed by atoms with Crippen molar-refractivity contribution in [2.24, 2.45) is 5.92 Å².